The molecule has 1 saturated heterocycles. The van der Waals surface area contributed by atoms with Gasteiger partial charge >= 0.3 is 6.18 Å². The van der Waals surface area contributed by atoms with Crippen LogP contribution in [-0.2, 0) is 5.41 Å². The minimum absolute atomic E-state index is 0.0261. The number of hydrogen-bond acceptors (Lipinski definition) is 7. The fourth-order valence-corrected chi connectivity index (χ4v) is 3.28. The van der Waals surface area contributed by atoms with Crippen molar-refractivity contribution >= 4 is 11.6 Å². The number of ether oxygens (including phenoxy) is 1. The summed E-state index contributed by atoms with van der Waals surface area (Å²) >= 11 is 5.59. The molecular formula is C14H15ClF3N5O2. The first-order valence-corrected chi connectivity index (χ1v) is 7.95. The quantitative estimate of drug-likeness (QED) is 0.800. The molecule has 2 aromatic rings. The fourth-order valence-electron chi connectivity index (χ4n) is 3.19. The first-order valence-electron chi connectivity index (χ1n) is 7.57. The molecule has 1 aliphatic rings. The third kappa shape index (κ3) is 3.84. The van der Waals surface area contributed by atoms with Crippen LogP contribution in [0.3, 0.4) is 0 Å². The fraction of sp³-hybridized carbons (Fsp3) is 0.571. The van der Waals surface area contributed by atoms with Crippen LogP contribution in [0.15, 0.2) is 23.1 Å². The summed E-state index contributed by atoms with van der Waals surface area (Å²) in [6, 6.07) is 0. The van der Waals surface area contributed by atoms with Gasteiger partial charge in [-0.05, 0) is 31.0 Å². The SMILES string of the molecule is FC(F)(F)C1CNCC[C@@]1(CCOc1cnc(Cl)nc1)c1cnno1. The van der Waals surface area contributed by atoms with E-state index in [4.69, 9.17) is 20.9 Å². The molecule has 1 fully saturated rings. The molecule has 1 N–H and O–H groups in total. The first kappa shape index (κ1) is 17.9. The van der Waals surface area contributed by atoms with Gasteiger partial charge < -0.3 is 14.6 Å². The lowest BCUT2D eigenvalue weighted by atomic mass is 9.66. The number of halogens is 4. The van der Waals surface area contributed by atoms with Crippen molar-refractivity contribution in [1.29, 1.82) is 0 Å². The standard InChI is InChI=1S/C14H15ClF3N5O2/c15-12-20-5-9(6-21-12)24-4-2-13(11-8-22-23-25-11)1-3-19-7-10(13)14(16,17)18/h5-6,8,10,19H,1-4,7H2/t10?,13-/m0/s1. The maximum atomic E-state index is 13.6. The Morgan fingerprint density at radius 3 is 2.72 bits per heavy atom. The topological polar surface area (TPSA) is 86.0 Å². The van der Waals surface area contributed by atoms with Crippen molar-refractivity contribution in [2.45, 2.75) is 24.4 Å². The molecule has 0 spiro atoms. The van der Waals surface area contributed by atoms with Crippen molar-refractivity contribution in [3.05, 3.63) is 29.6 Å². The van der Waals surface area contributed by atoms with Crippen molar-refractivity contribution in [3.8, 4) is 5.75 Å². The highest BCUT2D eigenvalue weighted by Crippen LogP contribution is 2.47. The summed E-state index contributed by atoms with van der Waals surface area (Å²) in [6.45, 7) is 0.254. The molecule has 11 heteroatoms. The van der Waals surface area contributed by atoms with Gasteiger partial charge in [0, 0.05) is 11.8 Å². The number of aromatic nitrogens is 4. The van der Waals surface area contributed by atoms with Crippen LogP contribution in [-0.4, -0.2) is 46.2 Å². The Hall–Kier alpha value is -1.94. The molecule has 7 nitrogen and oxygen atoms in total. The number of nitrogens with one attached hydrogen (secondary N) is 1. The van der Waals surface area contributed by atoms with Crippen LogP contribution >= 0.6 is 11.6 Å². The summed E-state index contributed by atoms with van der Waals surface area (Å²) in [5.74, 6) is -1.19. The van der Waals surface area contributed by atoms with Gasteiger partial charge in [-0.3, -0.25) is 0 Å². The zero-order chi connectivity index (χ0) is 17.9. The Labute approximate surface area is 145 Å². The zero-order valence-electron chi connectivity index (χ0n) is 13.0. The van der Waals surface area contributed by atoms with Crippen molar-refractivity contribution in [3.63, 3.8) is 0 Å². The van der Waals surface area contributed by atoms with Crippen LogP contribution in [0.4, 0.5) is 13.2 Å². The van der Waals surface area contributed by atoms with Crippen LogP contribution in [0.25, 0.3) is 0 Å². The monoisotopic (exact) mass is 377 g/mol. The third-order valence-corrected chi connectivity index (χ3v) is 4.62. The first-order chi connectivity index (χ1) is 11.9. The van der Waals surface area contributed by atoms with E-state index < -0.39 is 17.5 Å². The highest BCUT2D eigenvalue weighted by atomic mass is 35.5. The van der Waals surface area contributed by atoms with E-state index in [1.165, 1.54) is 18.6 Å². The van der Waals surface area contributed by atoms with Gasteiger partial charge in [-0.25, -0.2) is 9.97 Å². The maximum Gasteiger partial charge on any atom is 0.394 e. The summed E-state index contributed by atoms with van der Waals surface area (Å²) in [5, 5.41) is 9.76. The Kier molecular flexibility index (Phi) is 5.09. The molecule has 136 valence electrons. The van der Waals surface area contributed by atoms with Crippen molar-refractivity contribution in [2.24, 2.45) is 5.92 Å². The van der Waals surface area contributed by atoms with Crippen LogP contribution in [0.5, 0.6) is 5.75 Å². The number of nitrogens with zero attached hydrogens (tertiary/aromatic N) is 4. The lowest BCUT2D eigenvalue weighted by Gasteiger charge is -2.43. The number of alkyl halides is 3. The molecule has 0 aromatic carbocycles. The van der Waals surface area contributed by atoms with Gasteiger partial charge in [-0.2, -0.15) is 13.2 Å². The number of hydrogen-bond donors (Lipinski definition) is 1. The smallest absolute Gasteiger partial charge is 0.394 e. The lowest BCUT2D eigenvalue weighted by molar-refractivity contribution is -0.202. The molecule has 2 atom stereocenters. The Balaban J connectivity index is 1.81. The van der Waals surface area contributed by atoms with Crippen molar-refractivity contribution in [2.75, 3.05) is 19.7 Å². The maximum absolute atomic E-state index is 13.6. The van der Waals surface area contributed by atoms with Crippen molar-refractivity contribution < 1.29 is 22.4 Å². The summed E-state index contributed by atoms with van der Waals surface area (Å²) in [6.07, 6.45) is -0.116. The molecule has 0 bridgehead atoms. The largest absolute Gasteiger partial charge is 0.490 e. The van der Waals surface area contributed by atoms with Gasteiger partial charge in [0.05, 0.1) is 36.5 Å². The Morgan fingerprint density at radius 2 is 2.08 bits per heavy atom. The van der Waals surface area contributed by atoms with Gasteiger partial charge in [-0.15, -0.1) is 5.10 Å². The molecule has 1 unspecified atom stereocenters. The average Bonchev–Trinajstić information content (AvgIpc) is 3.11. The van der Waals surface area contributed by atoms with E-state index in [0.717, 1.165) is 0 Å². The second kappa shape index (κ2) is 7.12. The van der Waals surface area contributed by atoms with Crippen LogP contribution in [0.2, 0.25) is 5.28 Å². The minimum atomic E-state index is -4.40. The normalized spacial score (nSPS) is 24.2. The molecule has 3 heterocycles. The van der Waals surface area contributed by atoms with Gasteiger partial charge in [0.2, 0.25) is 5.28 Å². The molecule has 2 aromatic heterocycles. The average molecular weight is 378 g/mol. The zero-order valence-corrected chi connectivity index (χ0v) is 13.7. The van der Waals surface area contributed by atoms with E-state index in [-0.39, 0.29) is 37.0 Å². The predicted octanol–water partition coefficient (Wildman–Crippen LogP) is 2.39. The summed E-state index contributed by atoms with van der Waals surface area (Å²) in [5.41, 5.74) is -1.29. The third-order valence-electron chi connectivity index (χ3n) is 4.42. The summed E-state index contributed by atoms with van der Waals surface area (Å²) in [7, 11) is 0. The van der Waals surface area contributed by atoms with E-state index in [2.05, 4.69) is 25.7 Å². The van der Waals surface area contributed by atoms with Crippen LogP contribution in [0, 0.1) is 5.92 Å². The van der Waals surface area contributed by atoms with Gasteiger partial charge in [0.1, 0.15) is 0 Å². The van der Waals surface area contributed by atoms with E-state index in [1.807, 2.05) is 0 Å². The molecule has 0 saturated carbocycles. The summed E-state index contributed by atoms with van der Waals surface area (Å²) < 4.78 is 51.4. The van der Waals surface area contributed by atoms with Gasteiger partial charge in [0.15, 0.2) is 11.5 Å². The van der Waals surface area contributed by atoms with Crippen molar-refractivity contribution in [1.82, 2.24) is 25.7 Å². The minimum Gasteiger partial charge on any atom is -0.490 e. The van der Waals surface area contributed by atoms with E-state index in [0.29, 0.717) is 12.3 Å². The van der Waals surface area contributed by atoms with Crippen LogP contribution < -0.4 is 10.1 Å². The lowest BCUT2D eigenvalue weighted by Crippen LogP contribution is -2.54. The van der Waals surface area contributed by atoms with E-state index >= 15 is 0 Å². The van der Waals surface area contributed by atoms with Crippen LogP contribution in [0.1, 0.15) is 18.6 Å². The van der Waals surface area contributed by atoms with Gasteiger partial charge in [0.25, 0.3) is 0 Å². The molecule has 0 radical (unpaired) electrons. The van der Waals surface area contributed by atoms with E-state index in [1.54, 1.807) is 0 Å². The summed E-state index contributed by atoms with van der Waals surface area (Å²) in [4.78, 5) is 7.53. The number of rotatable bonds is 5. The molecule has 0 amide bonds. The molecule has 3 rings (SSSR count). The number of piperidine rings is 1. The molecule has 0 aliphatic carbocycles. The highest BCUT2D eigenvalue weighted by molar-refractivity contribution is 6.28. The Bertz CT molecular complexity index is 683. The Morgan fingerprint density at radius 1 is 1.32 bits per heavy atom. The van der Waals surface area contributed by atoms with E-state index in [9.17, 15) is 13.2 Å². The molecule has 1 aliphatic heterocycles. The second-order valence-electron chi connectivity index (χ2n) is 5.77. The second-order valence-corrected chi connectivity index (χ2v) is 6.11. The molecule has 25 heavy (non-hydrogen) atoms. The highest BCUT2D eigenvalue weighted by Gasteiger charge is 2.57. The van der Waals surface area contributed by atoms with Gasteiger partial charge in [-0.1, -0.05) is 0 Å². The predicted molar refractivity (Wildman–Crippen MR) is 80.2 cm³/mol. The molecular weight excluding hydrogens is 363 g/mol.